The Morgan fingerprint density at radius 2 is 2.06 bits per heavy atom. The number of carbonyl (C=O) groups excluding carboxylic acids is 1. The smallest absolute Gasteiger partial charge is 0.258 e. The van der Waals surface area contributed by atoms with Crippen molar-refractivity contribution in [1.82, 2.24) is 0 Å². The van der Waals surface area contributed by atoms with Crippen LogP contribution in [0.25, 0.3) is 0 Å². The number of hydrogen-bond donors (Lipinski definition) is 0. The van der Waals surface area contributed by atoms with Gasteiger partial charge in [0.05, 0.1) is 10.5 Å². The first-order valence-corrected chi connectivity index (χ1v) is 4.73. The lowest BCUT2D eigenvalue weighted by molar-refractivity contribution is -0.385. The van der Waals surface area contributed by atoms with Crippen LogP contribution in [-0.2, 0) is 10.3 Å². The second-order valence-corrected chi connectivity index (χ2v) is 4.02. The van der Waals surface area contributed by atoms with E-state index in [1.54, 1.807) is 32.9 Å². The van der Waals surface area contributed by atoms with Crippen LogP contribution in [0.2, 0.25) is 0 Å². The van der Waals surface area contributed by atoms with Gasteiger partial charge in [0.25, 0.3) is 5.69 Å². The van der Waals surface area contributed by atoms with Gasteiger partial charge < -0.3 is 0 Å². The second-order valence-electron chi connectivity index (χ2n) is 4.02. The Morgan fingerprint density at radius 1 is 1.44 bits per heavy atom. The van der Waals surface area contributed by atoms with Crippen LogP contribution >= 0.6 is 0 Å². The molecule has 84 valence electrons. The number of nitro groups is 1. The molecule has 1 aromatic carbocycles. The van der Waals surface area contributed by atoms with Crippen LogP contribution in [0.1, 0.15) is 25.0 Å². The van der Waals surface area contributed by atoms with Gasteiger partial charge in [-0.15, -0.1) is 0 Å². The van der Waals surface area contributed by atoms with Crippen molar-refractivity contribution in [2.75, 3.05) is 0 Å². The van der Waals surface area contributed by atoms with Gasteiger partial charge >= 0.3 is 0 Å². The number of rotatable bonds is 3. The maximum absolute atomic E-state index is 10.6. The van der Waals surface area contributed by atoms with Crippen LogP contribution in [0, 0.1) is 17.0 Å². The molecule has 0 amide bonds. The van der Waals surface area contributed by atoms with E-state index in [4.69, 9.17) is 0 Å². The fourth-order valence-electron chi connectivity index (χ4n) is 1.42. The third-order valence-corrected chi connectivity index (χ3v) is 2.43. The minimum atomic E-state index is -0.707. The fraction of sp³-hybridized carbons (Fsp3) is 0.364. The van der Waals surface area contributed by atoms with Gasteiger partial charge in [0, 0.05) is 11.6 Å². The highest BCUT2D eigenvalue weighted by atomic mass is 16.6. The first-order valence-electron chi connectivity index (χ1n) is 4.73. The van der Waals surface area contributed by atoms with E-state index in [2.05, 4.69) is 4.99 Å². The van der Waals surface area contributed by atoms with E-state index in [0.29, 0.717) is 5.56 Å². The molecule has 5 nitrogen and oxygen atoms in total. The SMILES string of the molecule is Cc1cc(C(C)(C)N=C=O)ccc1[N+](=O)[O-]. The molecule has 0 saturated heterocycles. The summed E-state index contributed by atoms with van der Waals surface area (Å²) in [6, 6.07) is 4.69. The minimum Gasteiger partial charge on any atom is -0.258 e. The molecule has 0 fully saturated rings. The number of nitrogens with zero attached hydrogens (tertiary/aromatic N) is 2. The summed E-state index contributed by atoms with van der Waals surface area (Å²) in [6.45, 7) is 5.15. The maximum Gasteiger partial charge on any atom is 0.272 e. The number of aliphatic imine (C=N–C) groups is 1. The summed E-state index contributed by atoms with van der Waals surface area (Å²) >= 11 is 0. The predicted octanol–water partition coefficient (Wildman–Crippen LogP) is 2.47. The van der Waals surface area contributed by atoms with Crippen molar-refractivity contribution in [1.29, 1.82) is 0 Å². The zero-order valence-corrected chi connectivity index (χ0v) is 9.35. The van der Waals surface area contributed by atoms with Gasteiger partial charge in [0.1, 0.15) is 0 Å². The van der Waals surface area contributed by atoms with Gasteiger partial charge in [0.15, 0.2) is 0 Å². The maximum atomic E-state index is 10.6. The quantitative estimate of drug-likeness (QED) is 0.340. The Morgan fingerprint density at radius 3 is 2.50 bits per heavy atom. The van der Waals surface area contributed by atoms with E-state index in [1.807, 2.05) is 0 Å². The van der Waals surface area contributed by atoms with Crippen LogP contribution in [0.4, 0.5) is 5.69 Å². The number of aryl methyl sites for hydroxylation is 1. The lowest BCUT2D eigenvalue weighted by Gasteiger charge is -2.18. The van der Waals surface area contributed by atoms with Gasteiger partial charge in [-0.1, -0.05) is 0 Å². The van der Waals surface area contributed by atoms with E-state index in [9.17, 15) is 14.9 Å². The molecule has 0 spiro atoms. The Labute approximate surface area is 93.0 Å². The molecule has 0 radical (unpaired) electrons. The molecule has 0 aliphatic heterocycles. The third-order valence-electron chi connectivity index (χ3n) is 2.43. The molecule has 5 heteroatoms. The molecule has 0 saturated carbocycles. The molecular weight excluding hydrogens is 208 g/mol. The number of benzene rings is 1. The van der Waals surface area contributed by atoms with E-state index in [-0.39, 0.29) is 5.69 Å². The molecule has 16 heavy (non-hydrogen) atoms. The highest BCUT2D eigenvalue weighted by Crippen LogP contribution is 2.28. The van der Waals surface area contributed by atoms with Crippen molar-refractivity contribution in [3.63, 3.8) is 0 Å². The van der Waals surface area contributed by atoms with Gasteiger partial charge in [0.2, 0.25) is 6.08 Å². The molecule has 0 aromatic heterocycles. The molecular formula is C11H12N2O3. The van der Waals surface area contributed by atoms with Crippen LogP contribution in [0.5, 0.6) is 0 Å². The zero-order valence-electron chi connectivity index (χ0n) is 9.35. The second kappa shape index (κ2) is 4.24. The van der Waals surface area contributed by atoms with Crippen molar-refractivity contribution in [2.45, 2.75) is 26.3 Å². The molecule has 0 N–H and O–H groups in total. The predicted molar refractivity (Wildman–Crippen MR) is 59.0 cm³/mol. The zero-order chi connectivity index (χ0) is 12.3. The van der Waals surface area contributed by atoms with Crippen molar-refractivity contribution < 1.29 is 9.72 Å². The number of nitro benzene ring substituents is 1. The molecule has 0 bridgehead atoms. The van der Waals surface area contributed by atoms with Gasteiger partial charge in [-0.3, -0.25) is 10.1 Å². The standard InChI is InChI=1S/C11H12N2O3/c1-8-6-9(11(2,3)12-7-14)4-5-10(8)13(15)16/h4-6H,1-3H3. The molecule has 0 aliphatic carbocycles. The van der Waals surface area contributed by atoms with Gasteiger partial charge in [-0.05, 0) is 38.5 Å². The highest BCUT2D eigenvalue weighted by Gasteiger charge is 2.21. The van der Waals surface area contributed by atoms with E-state index < -0.39 is 10.5 Å². The average Bonchev–Trinajstić information content (AvgIpc) is 2.16. The van der Waals surface area contributed by atoms with Crippen LogP contribution < -0.4 is 0 Å². The summed E-state index contributed by atoms with van der Waals surface area (Å²) in [5.74, 6) is 0. The van der Waals surface area contributed by atoms with Crippen LogP contribution in [0.15, 0.2) is 23.2 Å². The van der Waals surface area contributed by atoms with E-state index in [1.165, 1.54) is 12.1 Å². The first-order chi connectivity index (χ1) is 7.38. The molecule has 1 rings (SSSR count). The topological polar surface area (TPSA) is 72.6 Å². The van der Waals surface area contributed by atoms with E-state index in [0.717, 1.165) is 5.56 Å². The van der Waals surface area contributed by atoms with E-state index >= 15 is 0 Å². The number of hydrogen-bond acceptors (Lipinski definition) is 4. The lowest BCUT2D eigenvalue weighted by Crippen LogP contribution is -2.13. The highest BCUT2D eigenvalue weighted by molar-refractivity contribution is 5.45. The number of isocyanates is 1. The largest absolute Gasteiger partial charge is 0.272 e. The van der Waals surface area contributed by atoms with Crippen molar-refractivity contribution in [2.24, 2.45) is 4.99 Å². The Bertz CT molecular complexity index is 474. The van der Waals surface area contributed by atoms with Gasteiger partial charge in [-0.25, -0.2) is 4.79 Å². The van der Waals surface area contributed by atoms with Crippen LogP contribution in [0.3, 0.4) is 0 Å². The summed E-state index contributed by atoms with van der Waals surface area (Å²) in [4.78, 5) is 24.1. The average molecular weight is 220 g/mol. The molecule has 0 atom stereocenters. The normalized spacial score (nSPS) is 10.7. The minimum absolute atomic E-state index is 0.0645. The van der Waals surface area contributed by atoms with Crippen molar-refractivity contribution >= 4 is 11.8 Å². The molecule has 0 heterocycles. The first kappa shape index (κ1) is 12.1. The van der Waals surface area contributed by atoms with Gasteiger partial charge in [-0.2, -0.15) is 4.99 Å². The molecule has 0 unspecified atom stereocenters. The van der Waals surface area contributed by atoms with Crippen molar-refractivity contribution in [3.8, 4) is 0 Å². The Hall–Kier alpha value is -2.00. The Kier molecular flexibility index (Phi) is 3.20. The summed E-state index contributed by atoms with van der Waals surface area (Å²) in [5.41, 5.74) is 0.659. The monoisotopic (exact) mass is 220 g/mol. The summed E-state index contributed by atoms with van der Waals surface area (Å²) in [6.07, 6.45) is 1.50. The third kappa shape index (κ3) is 2.32. The lowest BCUT2D eigenvalue weighted by atomic mass is 9.93. The fourth-order valence-corrected chi connectivity index (χ4v) is 1.42. The Balaban J connectivity index is 3.25. The van der Waals surface area contributed by atoms with Crippen LogP contribution in [-0.4, -0.2) is 11.0 Å². The molecule has 0 aliphatic rings. The summed E-state index contributed by atoms with van der Waals surface area (Å²) < 4.78 is 0. The summed E-state index contributed by atoms with van der Waals surface area (Å²) in [5, 5.41) is 10.6. The molecule has 1 aromatic rings. The summed E-state index contributed by atoms with van der Waals surface area (Å²) in [7, 11) is 0. The van der Waals surface area contributed by atoms with Crippen molar-refractivity contribution in [3.05, 3.63) is 39.4 Å².